The van der Waals surface area contributed by atoms with Crippen molar-refractivity contribution in [3.05, 3.63) is 115 Å². The number of nitrogens with one attached hydrogen (secondary N) is 3. The fourth-order valence-corrected chi connectivity index (χ4v) is 5.47. The largest absolute Gasteiger partial charge is 0.353 e. The molecule has 1 aliphatic heterocycles. The van der Waals surface area contributed by atoms with Gasteiger partial charge >= 0.3 is 0 Å². The normalized spacial score (nSPS) is 15.0. The zero-order valence-electron chi connectivity index (χ0n) is 20.0. The number of nitrogens with zero attached hydrogens (tertiary/aromatic N) is 1. The Kier molecular flexibility index (Phi) is 9.18. The average Bonchev–Trinajstić information content (AvgIpc) is 2.90. The van der Waals surface area contributed by atoms with Crippen LogP contribution in [0.1, 0.15) is 18.4 Å². The fraction of sp³-hybridized carbons (Fsp3) is 0.107. The summed E-state index contributed by atoms with van der Waals surface area (Å²) in [6.45, 7) is 1.76. The Morgan fingerprint density at radius 1 is 1.00 bits per heavy atom. The lowest BCUT2D eigenvalue weighted by Crippen LogP contribution is -2.31. The van der Waals surface area contributed by atoms with Crippen molar-refractivity contribution in [1.82, 2.24) is 5.32 Å². The van der Waals surface area contributed by atoms with Crippen molar-refractivity contribution < 1.29 is 9.59 Å². The van der Waals surface area contributed by atoms with E-state index in [0.717, 1.165) is 4.47 Å². The predicted octanol–water partition coefficient (Wildman–Crippen LogP) is 7.46. The number of thioether (sulfide) groups is 1. The summed E-state index contributed by atoms with van der Waals surface area (Å²) in [5.74, 6) is -1.30. The standard InChI is InChI=1S/C28H21BrCl2N4O2S/c1-16-25(27(37)35-20-12-8-18(30)9-13-20)26(21-4-2-3-5-23(21)31)22(14-32)28(33-16)38-15-24(36)34-19-10-6-17(29)7-11-19/h2-13,26,33H,15H2,1H3,(H,34,36)(H,35,37). The van der Waals surface area contributed by atoms with Crippen molar-refractivity contribution in [2.45, 2.75) is 12.8 Å². The molecule has 10 heteroatoms. The lowest BCUT2D eigenvalue weighted by molar-refractivity contribution is -0.114. The van der Waals surface area contributed by atoms with Crippen LogP contribution in [-0.2, 0) is 9.59 Å². The molecule has 0 fully saturated rings. The second kappa shape index (κ2) is 12.5. The van der Waals surface area contributed by atoms with Gasteiger partial charge in [-0.25, -0.2) is 0 Å². The van der Waals surface area contributed by atoms with Gasteiger partial charge in [0.05, 0.1) is 28.3 Å². The van der Waals surface area contributed by atoms with Crippen molar-refractivity contribution in [1.29, 1.82) is 5.26 Å². The van der Waals surface area contributed by atoms with Gasteiger partial charge in [0.1, 0.15) is 0 Å². The topological polar surface area (TPSA) is 94.0 Å². The molecular formula is C28H21BrCl2N4O2S. The van der Waals surface area contributed by atoms with E-state index in [9.17, 15) is 14.9 Å². The predicted molar refractivity (Wildman–Crippen MR) is 158 cm³/mol. The maximum atomic E-state index is 13.5. The molecule has 192 valence electrons. The number of allylic oxidation sites excluding steroid dienone is 2. The van der Waals surface area contributed by atoms with Crippen LogP contribution in [0.15, 0.2) is 99.1 Å². The van der Waals surface area contributed by atoms with Crippen LogP contribution in [0.25, 0.3) is 0 Å². The number of carbonyl (C=O) groups is 2. The molecule has 2 amide bonds. The van der Waals surface area contributed by atoms with Gasteiger partial charge in [0.25, 0.3) is 5.91 Å². The highest BCUT2D eigenvalue weighted by molar-refractivity contribution is 9.10. The van der Waals surface area contributed by atoms with E-state index in [-0.39, 0.29) is 17.6 Å². The van der Waals surface area contributed by atoms with Crippen molar-refractivity contribution >= 4 is 74.1 Å². The molecule has 0 spiro atoms. The van der Waals surface area contributed by atoms with E-state index in [0.29, 0.717) is 48.9 Å². The van der Waals surface area contributed by atoms with Crippen LogP contribution in [-0.4, -0.2) is 17.6 Å². The molecule has 0 bridgehead atoms. The zero-order chi connectivity index (χ0) is 27.2. The number of carbonyl (C=O) groups excluding carboxylic acids is 2. The van der Waals surface area contributed by atoms with Gasteiger partial charge in [-0.15, -0.1) is 0 Å². The van der Waals surface area contributed by atoms with Gasteiger partial charge in [0, 0.05) is 37.2 Å². The molecule has 0 saturated heterocycles. The second-order valence-corrected chi connectivity index (χ2v) is 11.0. The maximum Gasteiger partial charge on any atom is 0.254 e. The molecule has 3 aromatic carbocycles. The quantitative estimate of drug-likeness (QED) is 0.253. The third-order valence-corrected chi connectivity index (χ3v) is 7.83. The van der Waals surface area contributed by atoms with Crippen LogP contribution < -0.4 is 16.0 Å². The molecule has 38 heavy (non-hydrogen) atoms. The van der Waals surface area contributed by atoms with Gasteiger partial charge in [-0.2, -0.15) is 5.26 Å². The highest BCUT2D eigenvalue weighted by Gasteiger charge is 2.36. The minimum Gasteiger partial charge on any atom is -0.353 e. The first-order chi connectivity index (χ1) is 18.3. The summed E-state index contributed by atoms with van der Waals surface area (Å²) >= 11 is 17.1. The van der Waals surface area contributed by atoms with E-state index < -0.39 is 5.92 Å². The molecule has 0 saturated carbocycles. The summed E-state index contributed by atoms with van der Waals surface area (Å²) in [5, 5.41) is 20.6. The van der Waals surface area contributed by atoms with E-state index in [1.807, 2.05) is 12.1 Å². The molecule has 0 radical (unpaired) electrons. The van der Waals surface area contributed by atoms with Crippen LogP contribution in [0.3, 0.4) is 0 Å². The summed E-state index contributed by atoms with van der Waals surface area (Å²) in [6.07, 6.45) is 0. The van der Waals surface area contributed by atoms with E-state index in [1.54, 1.807) is 67.6 Å². The van der Waals surface area contributed by atoms with Crippen LogP contribution >= 0.6 is 50.9 Å². The summed E-state index contributed by atoms with van der Waals surface area (Å²) in [7, 11) is 0. The Bertz CT molecular complexity index is 1480. The van der Waals surface area contributed by atoms with Gasteiger partial charge < -0.3 is 16.0 Å². The molecule has 6 nitrogen and oxygen atoms in total. The Hall–Kier alpha value is -3.22. The second-order valence-electron chi connectivity index (χ2n) is 8.28. The Morgan fingerprint density at radius 2 is 1.63 bits per heavy atom. The third-order valence-electron chi connectivity index (χ3n) is 5.69. The molecule has 4 rings (SSSR count). The van der Waals surface area contributed by atoms with Gasteiger partial charge in [0.15, 0.2) is 0 Å². The van der Waals surface area contributed by atoms with E-state index >= 15 is 0 Å². The van der Waals surface area contributed by atoms with Crippen LogP contribution in [0.4, 0.5) is 11.4 Å². The number of rotatable bonds is 7. The molecule has 1 unspecified atom stereocenters. The van der Waals surface area contributed by atoms with Gasteiger partial charge in [0.2, 0.25) is 5.91 Å². The number of halogens is 3. The number of anilines is 2. The number of amides is 2. The van der Waals surface area contributed by atoms with E-state index in [1.165, 1.54) is 11.8 Å². The molecule has 1 heterocycles. The molecule has 3 aromatic rings. The molecule has 0 aliphatic carbocycles. The van der Waals surface area contributed by atoms with Crippen LogP contribution in [0.2, 0.25) is 10.0 Å². The van der Waals surface area contributed by atoms with E-state index in [4.69, 9.17) is 23.2 Å². The lowest BCUT2D eigenvalue weighted by atomic mass is 9.82. The third kappa shape index (κ3) is 6.61. The summed E-state index contributed by atoms with van der Waals surface area (Å²) in [6, 6.07) is 23.4. The smallest absolute Gasteiger partial charge is 0.254 e. The Labute approximate surface area is 243 Å². The number of hydrogen-bond donors (Lipinski definition) is 3. The molecule has 0 aromatic heterocycles. The molecule has 1 aliphatic rings. The lowest BCUT2D eigenvalue weighted by Gasteiger charge is -2.30. The average molecular weight is 628 g/mol. The minimum atomic E-state index is -0.737. The first kappa shape index (κ1) is 27.8. The highest BCUT2D eigenvalue weighted by Crippen LogP contribution is 2.43. The SMILES string of the molecule is CC1=C(C(=O)Nc2ccc(Cl)cc2)C(c2ccccc2Cl)C(C#N)=C(SCC(=O)Nc2ccc(Br)cc2)N1. The van der Waals surface area contributed by atoms with Gasteiger partial charge in [-0.05, 0) is 67.1 Å². The maximum absolute atomic E-state index is 13.5. The Morgan fingerprint density at radius 3 is 2.29 bits per heavy atom. The van der Waals surface area contributed by atoms with Crippen molar-refractivity contribution in [3.63, 3.8) is 0 Å². The van der Waals surface area contributed by atoms with Crippen LogP contribution in [0.5, 0.6) is 0 Å². The van der Waals surface area contributed by atoms with Crippen LogP contribution in [0, 0.1) is 11.3 Å². The monoisotopic (exact) mass is 626 g/mol. The molecule has 1 atom stereocenters. The van der Waals surface area contributed by atoms with Crippen molar-refractivity contribution in [3.8, 4) is 6.07 Å². The number of dihydropyridines is 1. The number of nitriles is 1. The summed E-state index contributed by atoms with van der Waals surface area (Å²) < 4.78 is 0.906. The summed E-state index contributed by atoms with van der Waals surface area (Å²) in [5.41, 5.74) is 3.04. The minimum absolute atomic E-state index is 0.0540. The van der Waals surface area contributed by atoms with Gasteiger partial charge in [-0.3, -0.25) is 9.59 Å². The summed E-state index contributed by atoms with van der Waals surface area (Å²) in [4.78, 5) is 26.2. The van der Waals surface area contributed by atoms with Gasteiger partial charge in [-0.1, -0.05) is 69.1 Å². The fourth-order valence-electron chi connectivity index (χ4n) is 3.95. The first-order valence-electron chi connectivity index (χ1n) is 11.4. The van der Waals surface area contributed by atoms with E-state index in [2.05, 4.69) is 37.9 Å². The molecule has 3 N–H and O–H groups in total. The number of benzene rings is 3. The first-order valence-corrected chi connectivity index (χ1v) is 13.9. The van der Waals surface area contributed by atoms with Crippen molar-refractivity contribution in [2.24, 2.45) is 0 Å². The Balaban J connectivity index is 1.63. The number of hydrogen-bond acceptors (Lipinski definition) is 5. The highest BCUT2D eigenvalue weighted by atomic mass is 79.9. The molecular weight excluding hydrogens is 607 g/mol. The zero-order valence-corrected chi connectivity index (χ0v) is 23.9. The van der Waals surface area contributed by atoms with Crippen molar-refractivity contribution in [2.75, 3.05) is 16.4 Å².